The van der Waals surface area contributed by atoms with E-state index in [-0.39, 0.29) is 0 Å². The molecule has 0 saturated heterocycles. The minimum absolute atomic E-state index is 0.811. The second-order valence-corrected chi connectivity index (χ2v) is 5.18. The van der Waals surface area contributed by atoms with Gasteiger partial charge in [0.1, 0.15) is 12.1 Å². The molecule has 0 fully saturated rings. The van der Waals surface area contributed by atoms with Crippen LogP contribution in [-0.4, -0.2) is 19.2 Å². The van der Waals surface area contributed by atoms with Gasteiger partial charge in [-0.25, -0.2) is 4.57 Å². The fraction of sp³-hybridized carbons (Fsp3) is 0.133. The Morgan fingerprint density at radius 3 is 3.05 bits per heavy atom. The van der Waals surface area contributed by atoms with Gasteiger partial charge in [-0.05, 0) is 24.3 Å². The molecule has 4 aromatic rings. The molecular formula is C15H12N5+. The number of aromatic nitrogens is 5. The topological polar surface area (TPSA) is 39.0 Å². The predicted octanol–water partition coefficient (Wildman–Crippen LogP) is 1.54. The predicted molar refractivity (Wildman–Crippen MR) is 74.2 cm³/mol. The second kappa shape index (κ2) is 3.25. The number of hydrogen-bond donors (Lipinski definition) is 0. The highest BCUT2D eigenvalue weighted by molar-refractivity contribution is 5.82. The minimum Gasteiger partial charge on any atom is -0.257 e. The average molecular weight is 262 g/mol. The van der Waals surface area contributed by atoms with Crippen molar-refractivity contribution in [2.45, 2.75) is 6.54 Å². The van der Waals surface area contributed by atoms with E-state index in [1.54, 1.807) is 0 Å². The maximum absolute atomic E-state index is 4.49. The van der Waals surface area contributed by atoms with Crippen LogP contribution in [0.25, 0.3) is 28.1 Å². The lowest BCUT2D eigenvalue weighted by molar-refractivity contribution is -0.648. The van der Waals surface area contributed by atoms with Crippen molar-refractivity contribution < 1.29 is 4.57 Å². The first-order chi connectivity index (χ1) is 9.84. The summed E-state index contributed by atoms with van der Waals surface area (Å²) in [5.74, 6) is 1.21. The Morgan fingerprint density at radius 1 is 1.20 bits per heavy atom. The van der Waals surface area contributed by atoms with Crippen LogP contribution in [0.3, 0.4) is 0 Å². The summed E-state index contributed by atoms with van der Waals surface area (Å²) in [6.07, 6.45) is 3.68. The first-order valence-electron chi connectivity index (χ1n) is 6.64. The molecule has 0 atom stereocenters. The lowest BCUT2D eigenvalue weighted by Crippen LogP contribution is -2.33. The zero-order chi connectivity index (χ0) is 13.3. The summed E-state index contributed by atoms with van der Waals surface area (Å²) in [6.45, 7) is 0.811. The number of pyridine rings is 1. The molecule has 0 unspecified atom stereocenters. The maximum atomic E-state index is 4.49. The van der Waals surface area contributed by atoms with E-state index in [4.69, 9.17) is 0 Å². The molecule has 96 valence electrons. The van der Waals surface area contributed by atoms with Gasteiger partial charge in [-0.15, -0.1) is 9.61 Å². The fourth-order valence-electron chi connectivity index (χ4n) is 3.27. The van der Waals surface area contributed by atoms with Crippen LogP contribution < -0.4 is 4.57 Å². The monoisotopic (exact) mass is 262 g/mol. The Bertz CT molecular complexity index is 992. The number of rotatable bonds is 0. The van der Waals surface area contributed by atoms with Crippen molar-refractivity contribution in [2.24, 2.45) is 7.05 Å². The van der Waals surface area contributed by atoms with E-state index < -0.39 is 0 Å². The Kier molecular flexibility index (Phi) is 1.65. The number of aryl methyl sites for hydroxylation is 1. The molecule has 0 bridgehead atoms. The summed E-state index contributed by atoms with van der Waals surface area (Å²) in [4.78, 5) is 4.49. The minimum atomic E-state index is 0.811. The van der Waals surface area contributed by atoms with Gasteiger partial charge < -0.3 is 0 Å². The maximum Gasteiger partial charge on any atom is 0.293 e. The van der Waals surface area contributed by atoms with Crippen LogP contribution in [-0.2, 0) is 13.6 Å². The van der Waals surface area contributed by atoms with Crippen molar-refractivity contribution in [1.82, 2.24) is 19.2 Å². The molecule has 1 aliphatic rings. The first-order valence-corrected chi connectivity index (χ1v) is 6.64. The molecule has 0 amide bonds. The summed E-state index contributed by atoms with van der Waals surface area (Å²) < 4.78 is 6.54. The highest BCUT2D eigenvalue weighted by Gasteiger charge is 2.33. The van der Waals surface area contributed by atoms with Crippen molar-refractivity contribution >= 4 is 16.7 Å². The smallest absolute Gasteiger partial charge is 0.257 e. The molecule has 5 heteroatoms. The third-order valence-corrected chi connectivity index (χ3v) is 4.12. The van der Waals surface area contributed by atoms with Crippen molar-refractivity contribution in [1.29, 1.82) is 0 Å². The van der Waals surface area contributed by atoms with Gasteiger partial charge in [0.2, 0.25) is 5.82 Å². The van der Waals surface area contributed by atoms with Crippen LogP contribution in [0.2, 0.25) is 0 Å². The van der Waals surface area contributed by atoms with E-state index in [2.05, 4.69) is 44.5 Å². The van der Waals surface area contributed by atoms with Crippen molar-refractivity contribution in [3.8, 4) is 11.4 Å². The van der Waals surface area contributed by atoms with E-state index in [1.807, 2.05) is 29.0 Å². The normalized spacial score (nSPS) is 13.1. The summed E-state index contributed by atoms with van der Waals surface area (Å²) in [7, 11) is 2.11. The van der Waals surface area contributed by atoms with Crippen LogP contribution in [0.4, 0.5) is 0 Å². The van der Waals surface area contributed by atoms with Crippen molar-refractivity contribution in [3.63, 3.8) is 0 Å². The number of imidazole rings is 1. The quantitative estimate of drug-likeness (QED) is 0.397. The van der Waals surface area contributed by atoms with Crippen LogP contribution in [0, 0.1) is 0 Å². The Labute approximate surface area is 114 Å². The highest BCUT2D eigenvalue weighted by atomic mass is 15.3. The van der Waals surface area contributed by atoms with Crippen LogP contribution in [0.5, 0.6) is 0 Å². The van der Waals surface area contributed by atoms with Crippen molar-refractivity contribution in [2.75, 3.05) is 0 Å². The number of fused-ring (bicyclic) bond motifs is 7. The molecule has 5 heterocycles. The zero-order valence-electron chi connectivity index (χ0n) is 11.0. The number of nitrogens with zero attached hydrogens (tertiary/aromatic N) is 5. The van der Waals surface area contributed by atoms with Gasteiger partial charge in [0.05, 0.1) is 24.5 Å². The van der Waals surface area contributed by atoms with Gasteiger partial charge in [0.25, 0.3) is 5.65 Å². The van der Waals surface area contributed by atoms with Gasteiger partial charge in [-0.1, -0.05) is 0 Å². The molecule has 0 saturated carbocycles. The lowest BCUT2D eigenvalue weighted by atomic mass is 10.2. The molecule has 4 aromatic heterocycles. The molecule has 20 heavy (non-hydrogen) atoms. The van der Waals surface area contributed by atoms with Gasteiger partial charge in [-0.3, -0.25) is 9.55 Å². The summed E-state index contributed by atoms with van der Waals surface area (Å²) in [5.41, 5.74) is 5.80. The van der Waals surface area contributed by atoms with E-state index in [9.17, 15) is 0 Å². The van der Waals surface area contributed by atoms with Gasteiger partial charge in [0.15, 0.2) is 5.52 Å². The van der Waals surface area contributed by atoms with Gasteiger partial charge in [0, 0.05) is 12.3 Å². The van der Waals surface area contributed by atoms with Crippen LogP contribution in [0.1, 0.15) is 5.69 Å². The molecule has 5 rings (SSSR count). The first kappa shape index (κ1) is 10.1. The fourth-order valence-corrected chi connectivity index (χ4v) is 3.27. The molecule has 0 N–H and O–H groups in total. The Morgan fingerprint density at radius 2 is 2.10 bits per heavy atom. The van der Waals surface area contributed by atoms with E-state index >= 15 is 0 Å². The Hall–Kier alpha value is -2.69. The molecule has 0 aromatic carbocycles. The molecular weight excluding hydrogens is 250 g/mol. The molecule has 0 aliphatic carbocycles. The van der Waals surface area contributed by atoms with E-state index in [0.717, 1.165) is 23.4 Å². The second-order valence-electron chi connectivity index (χ2n) is 5.18. The SMILES string of the molecule is Cn1c2[n+](c3c1cc1cccnn13)Cc1ncccc1-2. The third kappa shape index (κ3) is 1.02. The van der Waals surface area contributed by atoms with E-state index in [0.29, 0.717) is 0 Å². The van der Waals surface area contributed by atoms with Gasteiger partial charge in [-0.2, -0.15) is 0 Å². The van der Waals surface area contributed by atoms with Crippen LogP contribution >= 0.6 is 0 Å². The Balaban J connectivity index is 1.99. The van der Waals surface area contributed by atoms with Crippen LogP contribution in [0.15, 0.2) is 42.7 Å². The van der Waals surface area contributed by atoms with E-state index in [1.165, 1.54) is 16.9 Å². The molecule has 1 aliphatic heterocycles. The lowest BCUT2D eigenvalue weighted by Gasteiger charge is -1.95. The molecule has 0 radical (unpaired) electrons. The third-order valence-electron chi connectivity index (χ3n) is 4.12. The summed E-state index contributed by atoms with van der Waals surface area (Å²) in [5, 5.41) is 4.49. The highest BCUT2D eigenvalue weighted by Crippen LogP contribution is 2.30. The standard InChI is InChI=1S/C15H12N5/c1-18-13-8-10-4-2-7-17-20(10)15(13)19-9-12-11(14(18)19)5-3-6-16-12/h2-8H,9H2,1H3/q+1. The zero-order valence-corrected chi connectivity index (χ0v) is 11.0. The average Bonchev–Trinajstić information content (AvgIpc) is 3.10. The van der Waals surface area contributed by atoms with Crippen molar-refractivity contribution in [3.05, 3.63) is 48.4 Å². The number of hydrogen-bond acceptors (Lipinski definition) is 2. The van der Waals surface area contributed by atoms with Gasteiger partial charge >= 0.3 is 0 Å². The molecule has 0 spiro atoms. The summed E-state index contributed by atoms with van der Waals surface area (Å²) >= 11 is 0. The summed E-state index contributed by atoms with van der Waals surface area (Å²) in [6, 6.07) is 10.4. The molecule has 5 nitrogen and oxygen atoms in total. The largest absolute Gasteiger partial charge is 0.293 e.